The molecule has 10 nitrogen and oxygen atoms in total. The lowest BCUT2D eigenvalue weighted by molar-refractivity contribution is -0.145. The molecule has 0 radical (unpaired) electrons. The molecule has 1 fully saturated rings. The van der Waals surface area contributed by atoms with Crippen LogP contribution in [0.2, 0.25) is 0 Å². The molecule has 0 aliphatic carbocycles. The Morgan fingerprint density at radius 3 is 2.44 bits per heavy atom. The highest BCUT2D eigenvalue weighted by Crippen LogP contribution is 2.38. The van der Waals surface area contributed by atoms with Crippen molar-refractivity contribution in [1.29, 1.82) is 0 Å². The molecule has 1 heterocycles. The Hall–Kier alpha value is -3.51. The number of thioether (sulfide) groups is 1. The second-order valence-electron chi connectivity index (χ2n) is 7.16. The molecule has 36 heavy (non-hydrogen) atoms. The molecule has 3 rings (SSSR count). The summed E-state index contributed by atoms with van der Waals surface area (Å²) in [6.45, 7) is 1.20. The molecule has 190 valence electrons. The standard InChI is InChI=1S/C24H23BrN2O8S/c1-4-34-22(29)13-35-19-11-17(25)14(9-18(19)33-3)10-20-23(30)27(24(31)36-20)12-21(28)26-15-5-7-16(32-2)8-6-15/h5-11H,4,12-13H2,1-3H3,(H,26,28)/b20-10+. The first kappa shape index (κ1) is 27.1. The van der Waals surface area contributed by atoms with Crippen LogP contribution in [0.3, 0.4) is 0 Å². The smallest absolute Gasteiger partial charge is 0.344 e. The van der Waals surface area contributed by atoms with Crippen molar-refractivity contribution in [3.05, 3.63) is 51.3 Å². The van der Waals surface area contributed by atoms with Crippen molar-refractivity contribution >= 4 is 62.5 Å². The summed E-state index contributed by atoms with van der Waals surface area (Å²) in [5.41, 5.74) is 1.04. The predicted octanol–water partition coefficient (Wildman–Crippen LogP) is 4.08. The molecule has 1 aliphatic rings. The number of benzene rings is 2. The molecular formula is C24H23BrN2O8S. The fraction of sp³-hybridized carbons (Fsp3) is 0.250. The molecular weight excluding hydrogens is 556 g/mol. The maximum atomic E-state index is 12.9. The van der Waals surface area contributed by atoms with Crippen LogP contribution in [0.1, 0.15) is 12.5 Å². The van der Waals surface area contributed by atoms with Gasteiger partial charge in [0, 0.05) is 10.2 Å². The van der Waals surface area contributed by atoms with E-state index in [-0.39, 0.29) is 23.9 Å². The number of amides is 3. The number of hydrogen-bond donors (Lipinski definition) is 1. The van der Waals surface area contributed by atoms with E-state index in [1.807, 2.05) is 0 Å². The Balaban J connectivity index is 1.71. The van der Waals surface area contributed by atoms with Gasteiger partial charge < -0.3 is 24.3 Å². The Morgan fingerprint density at radius 1 is 1.08 bits per heavy atom. The summed E-state index contributed by atoms with van der Waals surface area (Å²) < 4.78 is 21.3. The van der Waals surface area contributed by atoms with Crippen LogP contribution in [-0.2, 0) is 19.1 Å². The molecule has 2 aromatic rings. The predicted molar refractivity (Wildman–Crippen MR) is 137 cm³/mol. The fourth-order valence-corrected chi connectivity index (χ4v) is 4.34. The Kier molecular flexibility index (Phi) is 9.37. The summed E-state index contributed by atoms with van der Waals surface area (Å²) in [5, 5.41) is 2.08. The quantitative estimate of drug-likeness (QED) is 0.328. The summed E-state index contributed by atoms with van der Waals surface area (Å²) >= 11 is 4.13. The molecule has 3 amide bonds. The Labute approximate surface area is 220 Å². The maximum absolute atomic E-state index is 12.9. The van der Waals surface area contributed by atoms with Crippen LogP contribution < -0.4 is 19.5 Å². The minimum atomic E-state index is -0.594. The van der Waals surface area contributed by atoms with Gasteiger partial charge in [-0.2, -0.15) is 0 Å². The van der Waals surface area contributed by atoms with Crippen LogP contribution in [0.5, 0.6) is 17.2 Å². The van der Waals surface area contributed by atoms with Crippen LogP contribution in [0.25, 0.3) is 6.08 Å². The summed E-state index contributed by atoms with van der Waals surface area (Å²) in [4.78, 5) is 50.3. The van der Waals surface area contributed by atoms with Crippen molar-refractivity contribution in [2.75, 3.05) is 39.3 Å². The van der Waals surface area contributed by atoms with Crippen LogP contribution in [-0.4, -0.2) is 61.9 Å². The molecule has 0 aromatic heterocycles. The zero-order chi connectivity index (χ0) is 26.2. The first-order valence-corrected chi connectivity index (χ1v) is 12.2. The Morgan fingerprint density at radius 2 is 1.81 bits per heavy atom. The number of rotatable bonds is 10. The lowest BCUT2D eigenvalue weighted by Crippen LogP contribution is -2.36. The number of ether oxygens (including phenoxy) is 4. The minimum Gasteiger partial charge on any atom is -0.497 e. The lowest BCUT2D eigenvalue weighted by Gasteiger charge is -2.13. The first-order valence-electron chi connectivity index (χ1n) is 10.6. The average molecular weight is 579 g/mol. The normalized spacial score (nSPS) is 14.1. The van der Waals surface area contributed by atoms with Crippen LogP contribution in [0, 0.1) is 0 Å². The summed E-state index contributed by atoms with van der Waals surface area (Å²) in [6, 6.07) is 9.83. The number of halogens is 1. The van der Waals surface area contributed by atoms with Gasteiger partial charge in [-0.25, -0.2) is 4.79 Å². The fourth-order valence-electron chi connectivity index (χ4n) is 3.07. The number of anilines is 1. The largest absolute Gasteiger partial charge is 0.497 e. The van der Waals surface area contributed by atoms with E-state index in [0.717, 1.165) is 16.7 Å². The van der Waals surface area contributed by atoms with E-state index in [2.05, 4.69) is 21.2 Å². The van der Waals surface area contributed by atoms with Crippen LogP contribution in [0.4, 0.5) is 10.5 Å². The maximum Gasteiger partial charge on any atom is 0.344 e. The van der Waals surface area contributed by atoms with E-state index in [4.69, 9.17) is 18.9 Å². The first-order chi connectivity index (χ1) is 17.2. The Bertz CT molecular complexity index is 1200. The van der Waals surface area contributed by atoms with E-state index in [1.54, 1.807) is 43.3 Å². The summed E-state index contributed by atoms with van der Waals surface area (Å²) in [6.07, 6.45) is 1.51. The van der Waals surface area contributed by atoms with Gasteiger partial charge in [-0.1, -0.05) is 15.9 Å². The van der Waals surface area contributed by atoms with Gasteiger partial charge in [-0.15, -0.1) is 0 Å². The number of methoxy groups -OCH3 is 2. The van der Waals surface area contributed by atoms with Gasteiger partial charge >= 0.3 is 5.97 Å². The molecule has 2 aromatic carbocycles. The molecule has 0 atom stereocenters. The molecule has 0 spiro atoms. The van der Waals surface area contributed by atoms with E-state index >= 15 is 0 Å². The SMILES string of the molecule is CCOC(=O)COc1cc(Br)c(/C=C2/SC(=O)N(CC(=O)Nc3ccc(OC)cc3)C2=O)cc1OC. The number of hydrogen-bond acceptors (Lipinski definition) is 9. The molecule has 1 aliphatic heterocycles. The van der Waals surface area contributed by atoms with Gasteiger partial charge in [0.15, 0.2) is 18.1 Å². The molecule has 12 heteroatoms. The van der Waals surface area contributed by atoms with Crippen molar-refractivity contribution in [2.24, 2.45) is 0 Å². The highest BCUT2D eigenvalue weighted by atomic mass is 79.9. The molecule has 1 saturated heterocycles. The van der Waals surface area contributed by atoms with Gasteiger partial charge in [0.05, 0.1) is 25.7 Å². The monoisotopic (exact) mass is 578 g/mol. The third kappa shape index (κ3) is 6.79. The van der Waals surface area contributed by atoms with Crippen molar-refractivity contribution in [3.8, 4) is 17.2 Å². The number of carbonyl (C=O) groups excluding carboxylic acids is 4. The highest BCUT2D eigenvalue weighted by molar-refractivity contribution is 9.10. The van der Waals surface area contributed by atoms with E-state index in [0.29, 0.717) is 27.2 Å². The van der Waals surface area contributed by atoms with Crippen molar-refractivity contribution in [2.45, 2.75) is 6.92 Å². The number of nitrogens with zero attached hydrogens (tertiary/aromatic N) is 1. The lowest BCUT2D eigenvalue weighted by atomic mass is 10.2. The van der Waals surface area contributed by atoms with Gasteiger partial charge in [-0.3, -0.25) is 19.3 Å². The van der Waals surface area contributed by atoms with Gasteiger partial charge in [0.25, 0.3) is 11.1 Å². The molecule has 0 unspecified atom stereocenters. The molecule has 0 saturated carbocycles. The van der Waals surface area contributed by atoms with Crippen LogP contribution in [0.15, 0.2) is 45.8 Å². The topological polar surface area (TPSA) is 120 Å². The summed E-state index contributed by atoms with van der Waals surface area (Å²) in [7, 11) is 2.96. The average Bonchev–Trinajstić information content (AvgIpc) is 3.11. The third-order valence-corrected chi connectivity index (χ3v) is 6.36. The molecule has 0 bridgehead atoms. The van der Waals surface area contributed by atoms with E-state index in [9.17, 15) is 19.2 Å². The second kappa shape index (κ2) is 12.5. The number of carbonyl (C=O) groups is 4. The highest BCUT2D eigenvalue weighted by Gasteiger charge is 2.36. The van der Waals surface area contributed by atoms with Crippen molar-refractivity contribution < 1.29 is 38.1 Å². The van der Waals surface area contributed by atoms with Gasteiger partial charge in [0.1, 0.15) is 12.3 Å². The third-order valence-electron chi connectivity index (χ3n) is 4.77. The zero-order valence-electron chi connectivity index (χ0n) is 19.7. The second-order valence-corrected chi connectivity index (χ2v) is 9.01. The number of nitrogens with one attached hydrogen (secondary N) is 1. The molecule has 1 N–H and O–H groups in total. The number of esters is 1. The minimum absolute atomic E-state index is 0.139. The summed E-state index contributed by atoms with van der Waals surface area (Å²) in [5.74, 6) is -0.405. The number of imide groups is 1. The van der Waals surface area contributed by atoms with E-state index in [1.165, 1.54) is 20.3 Å². The van der Waals surface area contributed by atoms with Crippen molar-refractivity contribution in [1.82, 2.24) is 4.90 Å². The van der Waals surface area contributed by atoms with Crippen LogP contribution >= 0.6 is 27.7 Å². The van der Waals surface area contributed by atoms with Crippen molar-refractivity contribution in [3.63, 3.8) is 0 Å². The van der Waals surface area contributed by atoms with E-state index < -0.39 is 29.6 Å². The zero-order valence-corrected chi connectivity index (χ0v) is 22.1. The van der Waals surface area contributed by atoms with Gasteiger partial charge in [-0.05, 0) is 66.7 Å². The van der Waals surface area contributed by atoms with Gasteiger partial charge in [0.2, 0.25) is 5.91 Å².